The van der Waals surface area contributed by atoms with Gasteiger partial charge in [-0.15, -0.1) is 0 Å². The van der Waals surface area contributed by atoms with Crippen LogP contribution in [0.3, 0.4) is 0 Å². The maximum atomic E-state index is 15.1. The van der Waals surface area contributed by atoms with E-state index in [4.69, 9.17) is 0 Å². The highest BCUT2D eigenvalue weighted by Gasteiger charge is 2.55. The predicted octanol–water partition coefficient (Wildman–Crippen LogP) is 17.7. The lowest BCUT2D eigenvalue weighted by molar-refractivity contribution is -0.173. The summed E-state index contributed by atoms with van der Waals surface area (Å²) in [5, 5.41) is 12.6. The van der Waals surface area contributed by atoms with Crippen LogP contribution in [-0.2, 0) is 18.3 Å². The van der Waals surface area contributed by atoms with Crippen LogP contribution >= 0.6 is 0 Å². The van der Waals surface area contributed by atoms with Crippen LogP contribution in [0.15, 0.2) is 133 Å². The van der Waals surface area contributed by atoms with Gasteiger partial charge in [0.1, 0.15) is 0 Å². The average Bonchev–Trinajstić information content (AvgIpc) is 3.50. The molecule has 0 amide bonds. The van der Waals surface area contributed by atoms with Crippen LogP contribution in [0.25, 0.3) is 98.0 Å². The van der Waals surface area contributed by atoms with E-state index in [1.54, 1.807) is 24.3 Å². The molecule has 0 radical (unpaired) electrons. The first-order chi connectivity index (χ1) is 30.3. The van der Waals surface area contributed by atoms with Crippen LogP contribution in [0.1, 0.15) is 74.6 Å². The summed E-state index contributed by atoms with van der Waals surface area (Å²) in [6.45, 7) is 4.35. The Labute approximate surface area is 361 Å². The number of hydrogen-bond acceptors (Lipinski definition) is 0. The Kier molecular flexibility index (Phi) is 9.10. The second-order valence-electron chi connectivity index (χ2n) is 18.0. The van der Waals surface area contributed by atoms with Gasteiger partial charge in [-0.3, -0.25) is 0 Å². The van der Waals surface area contributed by atoms with Crippen molar-refractivity contribution in [2.75, 3.05) is 0 Å². The van der Waals surface area contributed by atoms with Gasteiger partial charge in [0.15, 0.2) is 0 Å². The number of alkyl halides is 6. The van der Waals surface area contributed by atoms with Crippen LogP contribution in [-0.4, -0.2) is 12.4 Å². The van der Waals surface area contributed by atoms with E-state index in [9.17, 15) is 0 Å². The van der Waals surface area contributed by atoms with Crippen molar-refractivity contribution in [1.29, 1.82) is 0 Å². The lowest BCUT2D eigenvalue weighted by Gasteiger charge is -2.34. The van der Waals surface area contributed by atoms with Crippen molar-refractivity contribution in [2.24, 2.45) is 0 Å². The van der Waals surface area contributed by atoms with Crippen LogP contribution in [0, 0.1) is 0 Å². The van der Waals surface area contributed by atoms with E-state index in [0.29, 0.717) is 22.3 Å². The lowest BCUT2D eigenvalue weighted by atomic mass is 9.71. The van der Waals surface area contributed by atoms with Gasteiger partial charge in [-0.1, -0.05) is 148 Å². The van der Waals surface area contributed by atoms with Crippen molar-refractivity contribution >= 4 is 64.6 Å². The first-order valence-electron chi connectivity index (χ1n) is 22.2. The molecular weight excluding hydrogens is 799 g/mol. The molecule has 314 valence electrons. The Morgan fingerprint density at radius 1 is 0.381 bits per heavy atom. The highest BCUT2D eigenvalue weighted by atomic mass is 19.4. The average molecular weight is 843 g/mol. The third-order valence-electron chi connectivity index (χ3n) is 13.9. The van der Waals surface area contributed by atoms with Gasteiger partial charge in [-0.25, -0.2) is 0 Å². The Bertz CT molecular complexity index is 3140. The lowest BCUT2D eigenvalue weighted by Crippen LogP contribution is -2.36. The molecule has 0 nitrogen and oxygen atoms in total. The highest BCUT2D eigenvalue weighted by Crippen LogP contribution is 2.59. The van der Waals surface area contributed by atoms with E-state index in [1.165, 1.54) is 11.1 Å². The quantitative estimate of drug-likeness (QED) is 0.0950. The minimum atomic E-state index is -4.90. The molecule has 0 aliphatic heterocycles. The summed E-state index contributed by atoms with van der Waals surface area (Å²) in [6.07, 6.45) is -6.78. The fourth-order valence-corrected chi connectivity index (χ4v) is 11.3. The molecule has 0 fully saturated rings. The standard InChI is InChI=1S/C57H44F6/c1-3-5-7-33-25-39-11-9-35-13-19-43(47-23-17-41(27-33)51(39)53(35)47)37-15-21-45-46-22-16-38(30-50(46)55(49(45)29-37,31-56(58,59)60)32-57(61,62)63)44-20-14-36-10-12-40-26-34(8-6-4-2)28-42-18-24-48(44)54(36)52(40)42/h9-30H,3-8,31-32H2,1-2H3. The summed E-state index contributed by atoms with van der Waals surface area (Å²) in [6, 6.07) is 44.0. The molecule has 0 bridgehead atoms. The van der Waals surface area contributed by atoms with E-state index >= 15 is 26.3 Å². The fraction of sp³-hybridized carbons (Fsp3) is 0.228. The normalized spacial score (nSPS) is 14.0. The van der Waals surface area contributed by atoms with Crippen molar-refractivity contribution in [3.8, 4) is 33.4 Å². The molecule has 0 unspecified atom stereocenters. The first kappa shape index (κ1) is 39.7. The molecule has 11 rings (SSSR count). The minimum Gasteiger partial charge on any atom is -0.171 e. The number of rotatable bonds is 10. The molecule has 0 saturated heterocycles. The summed E-state index contributed by atoms with van der Waals surface area (Å²) < 4.78 is 90.4. The van der Waals surface area contributed by atoms with Gasteiger partial charge in [0.2, 0.25) is 0 Å². The molecule has 1 aliphatic carbocycles. The van der Waals surface area contributed by atoms with Gasteiger partial charge < -0.3 is 0 Å². The highest BCUT2D eigenvalue weighted by molar-refractivity contribution is 6.27. The molecule has 6 heteroatoms. The maximum absolute atomic E-state index is 15.1. The van der Waals surface area contributed by atoms with Gasteiger partial charge >= 0.3 is 12.4 Å². The third-order valence-corrected chi connectivity index (χ3v) is 13.9. The summed E-state index contributed by atoms with van der Waals surface area (Å²) in [5.41, 5.74) is 3.75. The Balaban J connectivity index is 1.09. The molecule has 0 heterocycles. The van der Waals surface area contributed by atoms with E-state index in [-0.39, 0.29) is 11.1 Å². The second-order valence-corrected chi connectivity index (χ2v) is 18.0. The van der Waals surface area contributed by atoms with Gasteiger partial charge in [-0.2, -0.15) is 26.3 Å². The van der Waals surface area contributed by atoms with Crippen LogP contribution in [0.4, 0.5) is 26.3 Å². The van der Waals surface area contributed by atoms with E-state index < -0.39 is 30.6 Å². The maximum Gasteiger partial charge on any atom is 0.390 e. The van der Waals surface area contributed by atoms with Gasteiger partial charge in [0, 0.05) is 5.41 Å². The topological polar surface area (TPSA) is 0 Å². The minimum absolute atomic E-state index is 0.0577. The van der Waals surface area contributed by atoms with Crippen molar-refractivity contribution in [1.82, 2.24) is 0 Å². The summed E-state index contributed by atoms with van der Waals surface area (Å²) in [4.78, 5) is 0. The van der Waals surface area contributed by atoms with Gasteiger partial charge in [0.25, 0.3) is 0 Å². The molecule has 0 N–H and O–H groups in total. The zero-order chi connectivity index (χ0) is 43.4. The molecule has 10 aromatic rings. The second kappa shape index (κ2) is 14.5. The number of hydrogen-bond donors (Lipinski definition) is 0. The Hall–Kier alpha value is -6.14. The molecule has 0 spiro atoms. The van der Waals surface area contributed by atoms with Gasteiger partial charge in [0.05, 0.1) is 12.8 Å². The molecule has 63 heavy (non-hydrogen) atoms. The largest absolute Gasteiger partial charge is 0.390 e. The van der Waals surface area contributed by atoms with E-state index in [1.807, 2.05) is 36.4 Å². The summed E-state index contributed by atoms with van der Waals surface area (Å²) in [7, 11) is 0. The zero-order valence-electron chi connectivity index (χ0n) is 35.1. The van der Waals surface area contributed by atoms with Gasteiger partial charge in [-0.05, 0) is 158 Å². The van der Waals surface area contributed by atoms with Crippen molar-refractivity contribution in [2.45, 2.75) is 83.0 Å². The number of fused-ring (bicyclic) bond motifs is 3. The summed E-state index contributed by atoms with van der Waals surface area (Å²) >= 11 is 0. The van der Waals surface area contributed by atoms with Crippen molar-refractivity contribution in [3.63, 3.8) is 0 Å². The molecular formula is C57H44F6. The number of aryl methyl sites for hydroxylation is 2. The van der Waals surface area contributed by atoms with Crippen LogP contribution in [0.2, 0.25) is 0 Å². The monoisotopic (exact) mass is 842 g/mol. The van der Waals surface area contributed by atoms with Crippen molar-refractivity contribution < 1.29 is 26.3 Å². The SMILES string of the molecule is CCCCc1cc2ccc3ccc(-c4ccc5c(c4)C(CC(F)(F)F)(CC(F)(F)F)c4cc(-c6ccc7ccc8cc(CCCC)cc9ccc6c7c89)ccc4-5)c4ccc(c1)c2c34. The van der Waals surface area contributed by atoms with Crippen LogP contribution in [0.5, 0.6) is 0 Å². The molecule has 1 aliphatic rings. The van der Waals surface area contributed by atoms with E-state index in [2.05, 4.69) is 86.6 Å². The number of unbranched alkanes of at least 4 members (excludes halogenated alkanes) is 2. The first-order valence-corrected chi connectivity index (χ1v) is 22.2. The predicted molar refractivity (Wildman–Crippen MR) is 250 cm³/mol. The molecule has 0 aromatic heterocycles. The van der Waals surface area contributed by atoms with Crippen LogP contribution < -0.4 is 0 Å². The van der Waals surface area contributed by atoms with E-state index in [0.717, 1.165) is 114 Å². The van der Waals surface area contributed by atoms with Crippen molar-refractivity contribution in [3.05, 3.63) is 156 Å². The molecule has 10 aromatic carbocycles. The number of benzene rings is 10. The summed E-state index contributed by atoms with van der Waals surface area (Å²) in [5.74, 6) is 0. The smallest absolute Gasteiger partial charge is 0.171 e. The number of halogens is 6. The molecule has 0 atom stereocenters. The zero-order valence-corrected chi connectivity index (χ0v) is 35.1. The molecule has 0 saturated carbocycles. The fourth-order valence-electron chi connectivity index (χ4n) is 11.3. The Morgan fingerprint density at radius 3 is 1.11 bits per heavy atom. The Morgan fingerprint density at radius 2 is 0.730 bits per heavy atom. The third kappa shape index (κ3) is 6.50.